The number of carbonyl (C=O) groups is 1. The maximum Gasteiger partial charge on any atom is 0.306 e. The molecule has 0 bridgehead atoms. The van der Waals surface area contributed by atoms with Crippen molar-refractivity contribution in [3.63, 3.8) is 0 Å². The minimum absolute atomic E-state index is 0.142. The minimum Gasteiger partial charge on any atom is -0.466 e. The number of methoxy groups -OCH3 is 1. The summed E-state index contributed by atoms with van der Waals surface area (Å²) in [5.41, 5.74) is 0. The van der Waals surface area contributed by atoms with Gasteiger partial charge in [0.1, 0.15) is 0 Å². The normalized spacial score (nSPS) is 10.1. The number of unbranched alkanes of at least 4 members (excludes halogenated alkanes) is 3. The Balaban J connectivity index is 3.01. The summed E-state index contributed by atoms with van der Waals surface area (Å²) in [4.78, 5) is 10.9. The molecule has 0 heterocycles. The average molecular weight is 220 g/mol. The number of esters is 1. The molecule has 84 valence electrons. The average Bonchev–Trinajstić information content (AvgIpc) is 2.17. The zero-order valence-electron chi connectivity index (χ0n) is 8.83. The molecule has 0 aliphatic heterocycles. The number of rotatable bonds is 9. The van der Waals surface area contributed by atoms with Crippen LogP contribution in [0.2, 0.25) is 0 Å². The highest BCUT2D eigenvalue weighted by Crippen LogP contribution is 2.00. The maximum absolute atomic E-state index is 10.9. The van der Waals surface area contributed by atoms with Crippen LogP contribution in [0.3, 0.4) is 0 Å². The van der Waals surface area contributed by atoms with Crippen LogP contribution >= 0.6 is 12.6 Å². The Morgan fingerprint density at radius 2 is 1.79 bits per heavy atom. The molecule has 0 saturated heterocycles. The number of thiol groups is 1. The Hall–Kier alpha value is -0.220. The molecule has 0 saturated carbocycles. The van der Waals surface area contributed by atoms with Crippen LogP contribution < -0.4 is 0 Å². The lowest BCUT2D eigenvalue weighted by molar-refractivity contribution is -0.143. The maximum atomic E-state index is 10.9. The van der Waals surface area contributed by atoms with Gasteiger partial charge in [-0.05, 0) is 19.3 Å². The number of hydrogen-bond donors (Lipinski definition) is 1. The van der Waals surface area contributed by atoms with Crippen molar-refractivity contribution in [2.75, 3.05) is 26.1 Å². The molecular weight excluding hydrogens is 200 g/mol. The van der Waals surface area contributed by atoms with Gasteiger partial charge in [0, 0.05) is 19.5 Å². The monoisotopic (exact) mass is 220 g/mol. The van der Waals surface area contributed by atoms with Gasteiger partial charge in [0.15, 0.2) is 0 Å². The highest BCUT2D eigenvalue weighted by atomic mass is 32.1. The first-order valence-electron chi connectivity index (χ1n) is 5.06. The quantitative estimate of drug-likeness (QED) is 0.367. The summed E-state index contributed by atoms with van der Waals surface area (Å²) in [7, 11) is 1.71. The number of carbonyl (C=O) groups excluding carboxylic acids is 1. The fourth-order valence-electron chi connectivity index (χ4n) is 1.05. The second kappa shape index (κ2) is 10.9. The van der Waals surface area contributed by atoms with E-state index < -0.39 is 0 Å². The molecule has 0 aromatic heterocycles. The molecule has 0 fully saturated rings. The summed E-state index contributed by atoms with van der Waals surface area (Å²) in [5.74, 6) is 0.420. The summed E-state index contributed by atoms with van der Waals surface area (Å²) in [5, 5.41) is 0. The lowest BCUT2D eigenvalue weighted by atomic mass is 10.2. The Morgan fingerprint density at radius 3 is 2.36 bits per heavy atom. The van der Waals surface area contributed by atoms with Crippen molar-refractivity contribution in [2.24, 2.45) is 0 Å². The zero-order valence-corrected chi connectivity index (χ0v) is 9.72. The van der Waals surface area contributed by atoms with Crippen molar-refractivity contribution in [1.29, 1.82) is 0 Å². The molecule has 0 unspecified atom stereocenters. The Labute approximate surface area is 91.6 Å². The molecule has 0 radical (unpaired) electrons. The second-order valence-corrected chi connectivity index (χ2v) is 3.55. The van der Waals surface area contributed by atoms with Crippen LogP contribution in [0, 0.1) is 0 Å². The van der Waals surface area contributed by atoms with Crippen molar-refractivity contribution in [2.45, 2.75) is 32.1 Å². The predicted octanol–water partition coefficient (Wildman–Crippen LogP) is 2.06. The van der Waals surface area contributed by atoms with Gasteiger partial charge in [0.2, 0.25) is 0 Å². The van der Waals surface area contributed by atoms with Crippen LogP contribution in [0.5, 0.6) is 0 Å². The molecular formula is C10H20O3S. The van der Waals surface area contributed by atoms with E-state index in [-0.39, 0.29) is 5.97 Å². The van der Waals surface area contributed by atoms with Gasteiger partial charge in [-0.3, -0.25) is 4.79 Å². The first-order chi connectivity index (χ1) is 6.81. The van der Waals surface area contributed by atoms with E-state index in [9.17, 15) is 4.79 Å². The topological polar surface area (TPSA) is 35.5 Å². The summed E-state index contributed by atoms with van der Waals surface area (Å²) in [6.07, 6.45) is 4.67. The van der Waals surface area contributed by atoms with Crippen molar-refractivity contribution in [1.82, 2.24) is 0 Å². The SMILES string of the molecule is COCCCCCCOC(=O)CCS. The van der Waals surface area contributed by atoms with Crippen LogP contribution in [-0.4, -0.2) is 32.0 Å². The molecule has 4 heteroatoms. The van der Waals surface area contributed by atoms with Gasteiger partial charge in [0.05, 0.1) is 13.0 Å². The van der Waals surface area contributed by atoms with E-state index in [0.717, 1.165) is 32.3 Å². The highest BCUT2D eigenvalue weighted by molar-refractivity contribution is 7.80. The van der Waals surface area contributed by atoms with E-state index >= 15 is 0 Å². The Morgan fingerprint density at radius 1 is 1.14 bits per heavy atom. The fraction of sp³-hybridized carbons (Fsp3) is 0.900. The van der Waals surface area contributed by atoms with Crippen LogP contribution in [0.15, 0.2) is 0 Å². The molecule has 0 aliphatic rings. The van der Waals surface area contributed by atoms with E-state index in [4.69, 9.17) is 9.47 Å². The molecule has 3 nitrogen and oxygen atoms in total. The molecule has 0 N–H and O–H groups in total. The van der Waals surface area contributed by atoms with Gasteiger partial charge in [-0.1, -0.05) is 6.42 Å². The Kier molecular flexibility index (Phi) is 10.7. The van der Waals surface area contributed by atoms with Gasteiger partial charge < -0.3 is 9.47 Å². The fourth-order valence-corrected chi connectivity index (χ4v) is 1.23. The van der Waals surface area contributed by atoms with Crippen molar-refractivity contribution >= 4 is 18.6 Å². The van der Waals surface area contributed by atoms with E-state index in [1.54, 1.807) is 7.11 Å². The van der Waals surface area contributed by atoms with Crippen LogP contribution in [0.1, 0.15) is 32.1 Å². The summed E-state index contributed by atoms with van der Waals surface area (Å²) in [6.45, 7) is 1.36. The molecule has 0 rings (SSSR count). The minimum atomic E-state index is -0.142. The zero-order chi connectivity index (χ0) is 10.6. The summed E-state index contributed by atoms with van der Waals surface area (Å²) < 4.78 is 9.89. The molecule has 0 spiro atoms. The largest absolute Gasteiger partial charge is 0.466 e. The first kappa shape index (κ1) is 13.8. The van der Waals surface area contributed by atoms with Crippen molar-refractivity contribution in [3.05, 3.63) is 0 Å². The van der Waals surface area contributed by atoms with E-state index in [1.807, 2.05) is 0 Å². The highest BCUT2D eigenvalue weighted by Gasteiger charge is 1.99. The first-order valence-corrected chi connectivity index (χ1v) is 5.70. The van der Waals surface area contributed by atoms with Crippen LogP contribution in [0.25, 0.3) is 0 Å². The Bertz CT molecular complexity index is 139. The summed E-state index contributed by atoms with van der Waals surface area (Å²) in [6, 6.07) is 0. The van der Waals surface area contributed by atoms with Crippen molar-refractivity contribution in [3.8, 4) is 0 Å². The molecule has 0 atom stereocenters. The lowest BCUT2D eigenvalue weighted by Crippen LogP contribution is -2.06. The third-order valence-electron chi connectivity index (χ3n) is 1.82. The van der Waals surface area contributed by atoms with Crippen LogP contribution in [0.4, 0.5) is 0 Å². The molecule has 14 heavy (non-hydrogen) atoms. The second-order valence-electron chi connectivity index (χ2n) is 3.10. The third-order valence-corrected chi connectivity index (χ3v) is 2.05. The standard InChI is InChI=1S/C10H20O3S/c1-12-7-4-2-3-5-8-13-10(11)6-9-14/h14H,2-9H2,1H3. The van der Waals surface area contributed by atoms with Gasteiger partial charge in [-0.15, -0.1) is 0 Å². The molecule has 0 aliphatic carbocycles. The van der Waals surface area contributed by atoms with E-state index in [1.165, 1.54) is 0 Å². The van der Waals surface area contributed by atoms with E-state index in [2.05, 4.69) is 12.6 Å². The number of hydrogen-bond acceptors (Lipinski definition) is 4. The third kappa shape index (κ3) is 9.86. The lowest BCUT2D eigenvalue weighted by Gasteiger charge is -2.03. The van der Waals surface area contributed by atoms with Crippen LogP contribution in [-0.2, 0) is 14.3 Å². The van der Waals surface area contributed by atoms with Crippen molar-refractivity contribution < 1.29 is 14.3 Å². The van der Waals surface area contributed by atoms with Gasteiger partial charge in [0.25, 0.3) is 0 Å². The molecule has 0 aromatic rings. The van der Waals surface area contributed by atoms with Gasteiger partial charge in [-0.25, -0.2) is 0 Å². The van der Waals surface area contributed by atoms with Gasteiger partial charge >= 0.3 is 5.97 Å². The molecule has 0 aromatic carbocycles. The number of ether oxygens (including phenoxy) is 2. The molecule has 0 amide bonds. The predicted molar refractivity (Wildman–Crippen MR) is 59.8 cm³/mol. The van der Waals surface area contributed by atoms with E-state index in [0.29, 0.717) is 18.8 Å². The van der Waals surface area contributed by atoms with Gasteiger partial charge in [-0.2, -0.15) is 12.6 Å². The summed E-state index contributed by atoms with van der Waals surface area (Å²) >= 11 is 3.95. The smallest absolute Gasteiger partial charge is 0.306 e.